The second-order valence-corrected chi connectivity index (χ2v) is 5.69. The molecule has 1 fully saturated rings. The van der Waals surface area contributed by atoms with Gasteiger partial charge in [-0.2, -0.15) is 5.10 Å². The molecule has 7 heteroatoms. The third kappa shape index (κ3) is 2.95. The molecule has 0 unspecified atom stereocenters. The number of likely N-dealkylation sites (N-methyl/N-ethyl adjacent to an activating group) is 1. The SMILES string of the molecule is CN1CCN(c2ccc(Oc3ccc4ccnn4c3)nn2)CC1. The fourth-order valence-corrected chi connectivity index (χ4v) is 2.65. The number of piperazine rings is 1. The van der Waals surface area contributed by atoms with Crippen molar-refractivity contribution < 1.29 is 4.74 Å². The molecule has 4 heterocycles. The molecule has 23 heavy (non-hydrogen) atoms. The van der Waals surface area contributed by atoms with Crippen LogP contribution in [0.15, 0.2) is 42.7 Å². The molecule has 118 valence electrons. The zero-order valence-electron chi connectivity index (χ0n) is 13.0. The van der Waals surface area contributed by atoms with Gasteiger partial charge in [-0.3, -0.25) is 0 Å². The average molecular weight is 310 g/mol. The third-order valence-electron chi connectivity index (χ3n) is 4.04. The lowest BCUT2D eigenvalue weighted by atomic mass is 10.3. The van der Waals surface area contributed by atoms with Crippen LogP contribution < -0.4 is 9.64 Å². The predicted molar refractivity (Wildman–Crippen MR) is 87.0 cm³/mol. The van der Waals surface area contributed by atoms with Crippen molar-refractivity contribution in [1.82, 2.24) is 24.7 Å². The van der Waals surface area contributed by atoms with E-state index in [1.54, 1.807) is 10.7 Å². The Bertz CT molecular complexity index is 792. The topological polar surface area (TPSA) is 58.8 Å². The lowest BCUT2D eigenvalue weighted by Gasteiger charge is -2.32. The maximum atomic E-state index is 5.75. The van der Waals surface area contributed by atoms with Gasteiger partial charge in [-0.1, -0.05) is 0 Å². The largest absolute Gasteiger partial charge is 0.436 e. The van der Waals surface area contributed by atoms with Crippen molar-refractivity contribution in [2.24, 2.45) is 0 Å². The van der Waals surface area contributed by atoms with Crippen LogP contribution in [0, 0.1) is 0 Å². The maximum absolute atomic E-state index is 5.75. The van der Waals surface area contributed by atoms with Gasteiger partial charge in [0, 0.05) is 38.4 Å². The minimum absolute atomic E-state index is 0.481. The highest BCUT2D eigenvalue weighted by Crippen LogP contribution is 2.21. The van der Waals surface area contributed by atoms with Crippen LogP contribution in [0.5, 0.6) is 11.6 Å². The quantitative estimate of drug-likeness (QED) is 0.733. The van der Waals surface area contributed by atoms with Crippen molar-refractivity contribution in [3.8, 4) is 11.6 Å². The van der Waals surface area contributed by atoms with E-state index in [1.165, 1.54) is 0 Å². The van der Waals surface area contributed by atoms with E-state index in [1.807, 2.05) is 36.5 Å². The zero-order valence-corrected chi connectivity index (χ0v) is 13.0. The summed E-state index contributed by atoms with van der Waals surface area (Å²) < 4.78 is 7.52. The number of pyridine rings is 1. The van der Waals surface area contributed by atoms with Gasteiger partial charge in [0.2, 0.25) is 5.88 Å². The molecule has 4 rings (SSSR count). The first-order chi connectivity index (χ1) is 11.3. The molecule has 0 atom stereocenters. The van der Waals surface area contributed by atoms with Gasteiger partial charge in [0.1, 0.15) is 5.75 Å². The van der Waals surface area contributed by atoms with Gasteiger partial charge in [0.15, 0.2) is 5.82 Å². The first-order valence-electron chi connectivity index (χ1n) is 7.66. The van der Waals surface area contributed by atoms with Crippen LogP contribution in [0.25, 0.3) is 5.52 Å². The summed E-state index contributed by atoms with van der Waals surface area (Å²) >= 11 is 0. The Morgan fingerprint density at radius 1 is 0.957 bits per heavy atom. The van der Waals surface area contributed by atoms with Crippen molar-refractivity contribution in [1.29, 1.82) is 0 Å². The number of fused-ring (bicyclic) bond motifs is 1. The van der Waals surface area contributed by atoms with Crippen molar-refractivity contribution in [3.05, 3.63) is 42.7 Å². The summed E-state index contributed by atoms with van der Waals surface area (Å²) in [6.07, 6.45) is 3.58. The first-order valence-corrected chi connectivity index (χ1v) is 7.66. The van der Waals surface area contributed by atoms with E-state index in [2.05, 4.69) is 32.1 Å². The second kappa shape index (κ2) is 5.85. The Morgan fingerprint density at radius 3 is 2.61 bits per heavy atom. The van der Waals surface area contributed by atoms with Crippen molar-refractivity contribution in [2.75, 3.05) is 38.1 Å². The molecular formula is C16H18N6O. The van der Waals surface area contributed by atoms with Crippen molar-refractivity contribution in [2.45, 2.75) is 0 Å². The number of aromatic nitrogens is 4. The van der Waals surface area contributed by atoms with Crippen LogP contribution in [0.3, 0.4) is 0 Å². The molecule has 0 aliphatic carbocycles. The van der Waals surface area contributed by atoms with Gasteiger partial charge in [-0.05, 0) is 31.3 Å². The molecule has 0 spiro atoms. The van der Waals surface area contributed by atoms with Gasteiger partial charge in [0.25, 0.3) is 0 Å². The number of rotatable bonds is 3. The van der Waals surface area contributed by atoms with Crippen LogP contribution in [0.1, 0.15) is 0 Å². The molecule has 3 aromatic rings. The van der Waals surface area contributed by atoms with Crippen LogP contribution in [0.2, 0.25) is 0 Å². The summed E-state index contributed by atoms with van der Waals surface area (Å²) in [7, 11) is 2.14. The van der Waals surface area contributed by atoms with Gasteiger partial charge in [-0.15, -0.1) is 10.2 Å². The zero-order chi connectivity index (χ0) is 15.6. The van der Waals surface area contributed by atoms with Gasteiger partial charge in [-0.25, -0.2) is 4.52 Å². The average Bonchev–Trinajstić information content (AvgIpc) is 3.04. The summed E-state index contributed by atoms with van der Waals surface area (Å²) in [6, 6.07) is 9.60. The van der Waals surface area contributed by atoms with Crippen LogP contribution in [0.4, 0.5) is 5.82 Å². The molecule has 0 amide bonds. The molecule has 0 aromatic carbocycles. The summed E-state index contributed by atoms with van der Waals surface area (Å²) in [4.78, 5) is 4.55. The number of hydrogen-bond donors (Lipinski definition) is 0. The maximum Gasteiger partial charge on any atom is 0.239 e. The van der Waals surface area contributed by atoms with E-state index in [9.17, 15) is 0 Å². The number of nitrogens with zero attached hydrogens (tertiary/aromatic N) is 6. The van der Waals surface area contributed by atoms with E-state index in [0.717, 1.165) is 37.5 Å². The second-order valence-electron chi connectivity index (χ2n) is 5.69. The summed E-state index contributed by atoms with van der Waals surface area (Å²) in [5.74, 6) is 2.06. The molecule has 1 saturated heterocycles. The summed E-state index contributed by atoms with van der Waals surface area (Å²) in [5, 5.41) is 12.7. The molecule has 1 aliphatic heterocycles. The van der Waals surface area contributed by atoms with E-state index in [-0.39, 0.29) is 0 Å². The fraction of sp³-hybridized carbons (Fsp3) is 0.312. The highest BCUT2D eigenvalue weighted by atomic mass is 16.5. The Kier molecular flexibility index (Phi) is 3.55. The highest BCUT2D eigenvalue weighted by Gasteiger charge is 2.15. The Hall–Kier alpha value is -2.67. The Morgan fingerprint density at radius 2 is 1.83 bits per heavy atom. The van der Waals surface area contributed by atoms with E-state index in [0.29, 0.717) is 11.6 Å². The van der Waals surface area contributed by atoms with Gasteiger partial charge < -0.3 is 14.5 Å². The lowest BCUT2D eigenvalue weighted by Crippen LogP contribution is -2.44. The van der Waals surface area contributed by atoms with Crippen LogP contribution in [-0.2, 0) is 0 Å². The third-order valence-corrected chi connectivity index (χ3v) is 4.04. The number of hydrogen-bond acceptors (Lipinski definition) is 6. The molecule has 0 N–H and O–H groups in total. The fourth-order valence-electron chi connectivity index (χ4n) is 2.65. The molecule has 1 aliphatic rings. The summed E-state index contributed by atoms with van der Waals surface area (Å²) in [6.45, 7) is 4.04. The number of ether oxygens (including phenoxy) is 1. The van der Waals surface area contributed by atoms with Gasteiger partial charge in [0.05, 0.1) is 11.7 Å². The Labute approximate surface area is 134 Å². The van der Waals surface area contributed by atoms with Gasteiger partial charge >= 0.3 is 0 Å². The van der Waals surface area contributed by atoms with Crippen molar-refractivity contribution >= 4 is 11.3 Å². The molecule has 7 nitrogen and oxygen atoms in total. The molecular weight excluding hydrogens is 292 g/mol. The minimum Gasteiger partial charge on any atom is -0.436 e. The van der Waals surface area contributed by atoms with Crippen LogP contribution in [-0.4, -0.2) is 57.9 Å². The number of anilines is 1. The molecule has 3 aromatic heterocycles. The van der Waals surface area contributed by atoms with E-state index in [4.69, 9.17) is 4.74 Å². The molecule has 0 saturated carbocycles. The Balaban J connectivity index is 1.47. The van der Waals surface area contributed by atoms with Crippen LogP contribution >= 0.6 is 0 Å². The lowest BCUT2D eigenvalue weighted by molar-refractivity contribution is 0.311. The normalized spacial score (nSPS) is 16.0. The smallest absolute Gasteiger partial charge is 0.239 e. The first kappa shape index (κ1) is 14.0. The van der Waals surface area contributed by atoms with E-state index < -0.39 is 0 Å². The molecule has 0 radical (unpaired) electrons. The molecule has 0 bridgehead atoms. The summed E-state index contributed by atoms with van der Waals surface area (Å²) in [5.41, 5.74) is 1.02. The van der Waals surface area contributed by atoms with E-state index >= 15 is 0 Å². The predicted octanol–water partition coefficient (Wildman–Crippen LogP) is 1.67. The monoisotopic (exact) mass is 310 g/mol. The van der Waals surface area contributed by atoms with Crippen molar-refractivity contribution in [3.63, 3.8) is 0 Å². The standard InChI is InChI=1S/C16H18N6O/c1-20-8-10-21(11-9-20)15-4-5-16(19-18-15)23-14-3-2-13-6-7-17-22(13)12-14/h2-7,12H,8-11H2,1H3. The highest BCUT2D eigenvalue weighted by molar-refractivity contribution is 5.47. The minimum atomic E-state index is 0.481.